The van der Waals surface area contributed by atoms with E-state index in [9.17, 15) is 19.1 Å². The van der Waals surface area contributed by atoms with Gasteiger partial charge in [-0.1, -0.05) is 48.0 Å². The number of fused-ring (bicyclic) bond motifs is 1. The molecule has 0 saturated heterocycles. The van der Waals surface area contributed by atoms with Gasteiger partial charge in [0.05, 0.1) is 23.8 Å². The van der Waals surface area contributed by atoms with Gasteiger partial charge >= 0.3 is 0 Å². The zero-order valence-corrected chi connectivity index (χ0v) is 16.0. The normalized spacial score (nSPS) is 15.3. The molecular formula is C23H17ClFNO3. The molecule has 1 aliphatic rings. The highest BCUT2D eigenvalue weighted by Gasteiger charge is 2.38. The van der Waals surface area contributed by atoms with Gasteiger partial charge in [0.25, 0.3) is 11.8 Å². The largest absolute Gasteiger partial charge is 0.390 e. The number of carbonyl (C=O) groups is 2. The molecule has 0 fully saturated rings. The third kappa shape index (κ3) is 3.67. The van der Waals surface area contributed by atoms with Crippen LogP contribution in [0.4, 0.5) is 4.39 Å². The molecule has 0 saturated carbocycles. The number of imide groups is 1. The van der Waals surface area contributed by atoms with Crippen molar-refractivity contribution in [3.8, 4) is 0 Å². The number of halogens is 2. The monoisotopic (exact) mass is 409 g/mol. The van der Waals surface area contributed by atoms with Crippen molar-refractivity contribution in [2.45, 2.75) is 12.0 Å². The summed E-state index contributed by atoms with van der Waals surface area (Å²) in [5.41, 5.74) is 2.00. The Labute approximate surface area is 172 Å². The maximum Gasteiger partial charge on any atom is 0.261 e. The highest BCUT2D eigenvalue weighted by Crippen LogP contribution is 2.32. The number of amides is 2. The average Bonchev–Trinajstić information content (AvgIpc) is 2.95. The molecule has 0 radical (unpaired) electrons. The van der Waals surface area contributed by atoms with Crippen LogP contribution < -0.4 is 0 Å². The van der Waals surface area contributed by atoms with E-state index in [1.807, 2.05) is 0 Å². The van der Waals surface area contributed by atoms with Gasteiger partial charge in [-0.25, -0.2) is 4.39 Å². The van der Waals surface area contributed by atoms with E-state index >= 15 is 0 Å². The molecule has 0 aromatic heterocycles. The number of carbonyl (C=O) groups excluding carboxylic acids is 2. The molecule has 4 rings (SSSR count). The predicted octanol–water partition coefficient (Wildman–Crippen LogP) is 4.27. The first-order valence-electron chi connectivity index (χ1n) is 9.10. The van der Waals surface area contributed by atoms with Crippen molar-refractivity contribution < 1.29 is 19.1 Å². The fourth-order valence-corrected chi connectivity index (χ4v) is 3.90. The average molecular weight is 410 g/mol. The molecule has 146 valence electrons. The van der Waals surface area contributed by atoms with Crippen LogP contribution in [0.1, 0.15) is 37.8 Å². The molecule has 0 aliphatic carbocycles. The van der Waals surface area contributed by atoms with Gasteiger partial charge in [-0.05, 0) is 47.5 Å². The van der Waals surface area contributed by atoms with Crippen molar-refractivity contribution >= 4 is 23.4 Å². The van der Waals surface area contributed by atoms with E-state index in [2.05, 4.69) is 0 Å². The van der Waals surface area contributed by atoms with Crippen LogP contribution in [0.5, 0.6) is 0 Å². The third-order valence-electron chi connectivity index (χ3n) is 5.07. The molecule has 0 bridgehead atoms. The summed E-state index contributed by atoms with van der Waals surface area (Å²) in [6.45, 7) is -0.194. The van der Waals surface area contributed by atoms with Crippen LogP contribution in [0, 0.1) is 5.82 Å². The number of nitrogens with zero attached hydrogens (tertiary/aromatic N) is 1. The molecule has 2 atom stereocenters. The molecule has 4 nitrogen and oxygen atoms in total. The number of β-amino-alcohol motifs (C(OH)–C–C–N with tert-alkyl or cyclic N) is 1. The van der Waals surface area contributed by atoms with Gasteiger partial charge in [0.1, 0.15) is 5.82 Å². The molecule has 0 spiro atoms. The summed E-state index contributed by atoms with van der Waals surface area (Å²) in [5, 5.41) is 11.6. The zero-order chi connectivity index (χ0) is 20.5. The van der Waals surface area contributed by atoms with Gasteiger partial charge in [0, 0.05) is 10.9 Å². The van der Waals surface area contributed by atoms with Crippen LogP contribution >= 0.6 is 11.6 Å². The maximum atomic E-state index is 13.4. The van der Waals surface area contributed by atoms with Crippen LogP contribution in [-0.4, -0.2) is 34.5 Å². The molecule has 3 aromatic rings. The Morgan fingerprint density at radius 2 is 1.48 bits per heavy atom. The Hall–Kier alpha value is -3.02. The van der Waals surface area contributed by atoms with E-state index in [0.29, 0.717) is 27.3 Å². The van der Waals surface area contributed by atoms with Gasteiger partial charge in [-0.15, -0.1) is 0 Å². The SMILES string of the molecule is O=C1c2ccccc2C(=O)N1CC(O)C(c1ccc(F)cc1)c1cccc(Cl)c1. The Bertz CT molecular complexity index is 1050. The Morgan fingerprint density at radius 1 is 0.862 bits per heavy atom. The maximum absolute atomic E-state index is 13.4. The van der Waals surface area contributed by atoms with Crippen LogP contribution in [0.15, 0.2) is 72.8 Å². The molecule has 1 aliphatic heterocycles. The Kier molecular flexibility index (Phi) is 5.18. The molecule has 2 unspecified atom stereocenters. The second-order valence-electron chi connectivity index (χ2n) is 6.92. The summed E-state index contributed by atoms with van der Waals surface area (Å²) in [7, 11) is 0. The molecule has 29 heavy (non-hydrogen) atoms. The van der Waals surface area contributed by atoms with Crippen LogP contribution in [0.3, 0.4) is 0 Å². The van der Waals surface area contributed by atoms with Crippen molar-refractivity contribution in [1.82, 2.24) is 4.90 Å². The molecule has 1 N–H and O–H groups in total. The summed E-state index contributed by atoms with van der Waals surface area (Å²) < 4.78 is 13.4. The summed E-state index contributed by atoms with van der Waals surface area (Å²) in [4.78, 5) is 26.4. The standard InChI is InChI=1S/C23H17ClFNO3/c24-16-5-3-4-15(12-16)21(14-8-10-17(25)11-9-14)20(27)13-26-22(28)18-6-1-2-7-19(18)23(26)29/h1-12,20-21,27H,13H2. The van der Waals surface area contributed by atoms with Gasteiger partial charge in [-0.2, -0.15) is 0 Å². The second-order valence-corrected chi connectivity index (χ2v) is 7.35. The number of benzene rings is 3. The topological polar surface area (TPSA) is 57.6 Å². The number of hydrogen-bond donors (Lipinski definition) is 1. The predicted molar refractivity (Wildman–Crippen MR) is 108 cm³/mol. The fourth-order valence-electron chi connectivity index (χ4n) is 3.70. The summed E-state index contributed by atoms with van der Waals surface area (Å²) in [5.74, 6) is -1.87. The molecule has 1 heterocycles. The van der Waals surface area contributed by atoms with Crippen molar-refractivity contribution in [2.75, 3.05) is 6.54 Å². The lowest BCUT2D eigenvalue weighted by atomic mass is 9.86. The van der Waals surface area contributed by atoms with Crippen molar-refractivity contribution in [1.29, 1.82) is 0 Å². The van der Waals surface area contributed by atoms with Crippen molar-refractivity contribution in [2.24, 2.45) is 0 Å². The van der Waals surface area contributed by atoms with E-state index in [1.54, 1.807) is 60.7 Å². The van der Waals surface area contributed by atoms with E-state index in [4.69, 9.17) is 11.6 Å². The second kappa shape index (κ2) is 7.78. The minimum atomic E-state index is -1.11. The number of rotatable bonds is 5. The summed E-state index contributed by atoms with van der Waals surface area (Å²) in [6.07, 6.45) is -1.11. The zero-order valence-electron chi connectivity index (χ0n) is 15.3. The number of hydrogen-bond acceptors (Lipinski definition) is 3. The van der Waals surface area contributed by atoms with Gasteiger partial charge in [0.2, 0.25) is 0 Å². The quantitative estimate of drug-likeness (QED) is 0.640. The third-order valence-corrected chi connectivity index (χ3v) is 5.30. The molecule has 2 amide bonds. The summed E-state index contributed by atoms with van der Waals surface area (Å²) in [6, 6.07) is 19.3. The Morgan fingerprint density at radius 3 is 2.07 bits per heavy atom. The lowest BCUT2D eigenvalue weighted by Gasteiger charge is -2.27. The smallest absolute Gasteiger partial charge is 0.261 e. The minimum Gasteiger partial charge on any atom is -0.390 e. The highest BCUT2D eigenvalue weighted by atomic mass is 35.5. The highest BCUT2D eigenvalue weighted by molar-refractivity contribution is 6.30. The van der Waals surface area contributed by atoms with Crippen LogP contribution in [0.25, 0.3) is 0 Å². The molecule has 6 heteroatoms. The van der Waals surface area contributed by atoms with Crippen LogP contribution in [0.2, 0.25) is 5.02 Å². The first kappa shape index (κ1) is 19.3. The minimum absolute atomic E-state index is 0.194. The lowest BCUT2D eigenvalue weighted by Crippen LogP contribution is -2.39. The van der Waals surface area contributed by atoms with E-state index in [1.165, 1.54) is 12.1 Å². The first-order valence-corrected chi connectivity index (χ1v) is 9.47. The van der Waals surface area contributed by atoms with E-state index in [0.717, 1.165) is 4.90 Å². The summed E-state index contributed by atoms with van der Waals surface area (Å²) >= 11 is 6.12. The fraction of sp³-hybridized carbons (Fsp3) is 0.130. The Balaban J connectivity index is 1.67. The van der Waals surface area contributed by atoms with Gasteiger partial charge in [0.15, 0.2) is 0 Å². The van der Waals surface area contributed by atoms with Crippen molar-refractivity contribution in [3.63, 3.8) is 0 Å². The number of aliphatic hydroxyl groups excluding tert-OH is 1. The van der Waals surface area contributed by atoms with E-state index < -0.39 is 29.7 Å². The first-order chi connectivity index (χ1) is 14.0. The van der Waals surface area contributed by atoms with Crippen LogP contribution in [-0.2, 0) is 0 Å². The molecular weight excluding hydrogens is 393 g/mol. The van der Waals surface area contributed by atoms with Crippen molar-refractivity contribution in [3.05, 3.63) is 106 Å². The van der Waals surface area contributed by atoms with E-state index in [-0.39, 0.29) is 6.54 Å². The lowest BCUT2D eigenvalue weighted by molar-refractivity contribution is 0.0523. The van der Waals surface area contributed by atoms with Gasteiger partial charge < -0.3 is 5.11 Å². The van der Waals surface area contributed by atoms with Gasteiger partial charge in [-0.3, -0.25) is 14.5 Å². The molecule has 3 aromatic carbocycles. The number of aliphatic hydroxyl groups is 1.